The fraction of sp³-hybridized carbons (Fsp3) is 0.214. The summed E-state index contributed by atoms with van der Waals surface area (Å²) in [6.07, 6.45) is 3.55. The van der Waals surface area contributed by atoms with Gasteiger partial charge in [-0.1, -0.05) is 12.1 Å². The van der Waals surface area contributed by atoms with Crippen molar-refractivity contribution in [2.24, 2.45) is 0 Å². The van der Waals surface area contributed by atoms with Crippen molar-refractivity contribution in [2.75, 3.05) is 11.9 Å². The molecule has 0 amide bonds. The molecule has 4 heteroatoms. The van der Waals surface area contributed by atoms with Gasteiger partial charge in [0, 0.05) is 22.6 Å². The highest BCUT2D eigenvalue weighted by Gasteiger charge is 2.13. The zero-order valence-corrected chi connectivity index (χ0v) is 11.7. The standard InChI is InChI=1S/C14H15BrN2O/c1-10-6-7-16-8-11(10)14(9-18)17-13-5-3-2-4-12(13)15/h2-8,14,17-18H,9H2,1H3. The highest BCUT2D eigenvalue weighted by atomic mass is 79.9. The predicted molar refractivity (Wildman–Crippen MR) is 76.6 cm³/mol. The van der Waals surface area contributed by atoms with E-state index in [2.05, 4.69) is 26.2 Å². The lowest BCUT2D eigenvalue weighted by molar-refractivity contribution is 0.276. The first-order valence-corrected chi connectivity index (χ1v) is 6.54. The number of hydrogen-bond donors (Lipinski definition) is 2. The number of benzene rings is 1. The van der Waals surface area contributed by atoms with Crippen molar-refractivity contribution in [3.8, 4) is 0 Å². The lowest BCUT2D eigenvalue weighted by Gasteiger charge is -2.20. The second-order valence-corrected chi connectivity index (χ2v) is 4.95. The Hall–Kier alpha value is -1.39. The maximum absolute atomic E-state index is 9.55. The molecule has 1 unspecified atom stereocenters. The molecule has 18 heavy (non-hydrogen) atoms. The van der Waals surface area contributed by atoms with Crippen LogP contribution in [0.1, 0.15) is 17.2 Å². The number of rotatable bonds is 4. The third kappa shape index (κ3) is 2.89. The van der Waals surface area contributed by atoms with E-state index in [0.29, 0.717) is 0 Å². The first kappa shape index (κ1) is 13.1. The summed E-state index contributed by atoms with van der Waals surface area (Å²) in [5, 5.41) is 12.9. The number of anilines is 1. The maximum Gasteiger partial charge on any atom is 0.0762 e. The average molecular weight is 307 g/mol. The number of pyridine rings is 1. The number of aryl methyl sites for hydroxylation is 1. The van der Waals surface area contributed by atoms with E-state index in [0.717, 1.165) is 21.3 Å². The van der Waals surface area contributed by atoms with Crippen LogP contribution in [0.25, 0.3) is 0 Å². The Labute approximate surface area is 115 Å². The lowest BCUT2D eigenvalue weighted by Crippen LogP contribution is -2.16. The fourth-order valence-electron chi connectivity index (χ4n) is 1.83. The Bertz CT molecular complexity index is 531. The topological polar surface area (TPSA) is 45.2 Å². The molecule has 0 radical (unpaired) electrons. The molecule has 0 saturated carbocycles. The van der Waals surface area contributed by atoms with E-state index in [-0.39, 0.29) is 12.6 Å². The van der Waals surface area contributed by atoms with Crippen LogP contribution in [0.2, 0.25) is 0 Å². The summed E-state index contributed by atoms with van der Waals surface area (Å²) in [5.41, 5.74) is 3.08. The molecule has 1 heterocycles. The molecular weight excluding hydrogens is 292 g/mol. The van der Waals surface area contributed by atoms with Crippen LogP contribution in [0.3, 0.4) is 0 Å². The molecule has 0 aliphatic heterocycles. The summed E-state index contributed by atoms with van der Waals surface area (Å²) in [6, 6.07) is 9.64. The van der Waals surface area contributed by atoms with Crippen LogP contribution in [0.15, 0.2) is 47.2 Å². The molecule has 1 aromatic carbocycles. The van der Waals surface area contributed by atoms with Gasteiger partial charge in [-0.3, -0.25) is 4.98 Å². The highest BCUT2D eigenvalue weighted by molar-refractivity contribution is 9.10. The molecule has 0 spiro atoms. The third-order valence-corrected chi connectivity index (χ3v) is 3.53. The Kier molecular flexibility index (Phi) is 4.33. The zero-order valence-electron chi connectivity index (χ0n) is 10.1. The van der Waals surface area contributed by atoms with Gasteiger partial charge < -0.3 is 10.4 Å². The molecule has 1 atom stereocenters. The van der Waals surface area contributed by atoms with Crippen LogP contribution in [-0.4, -0.2) is 16.7 Å². The third-order valence-electron chi connectivity index (χ3n) is 2.84. The first-order valence-electron chi connectivity index (χ1n) is 5.75. The van der Waals surface area contributed by atoms with Crippen LogP contribution >= 0.6 is 15.9 Å². The van der Waals surface area contributed by atoms with Crippen LogP contribution in [0.5, 0.6) is 0 Å². The van der Waals surface area contributed by atoms with Gasteiger partial charge in [0.25, 0.3) is 0 Å². The number of halogens is 1. The lowest BCUT2D eigenvalue weighted by atomic mass is 10.0. The summed E-state index contributed by atoms with van der Waals surface area (Å²) in [5.74, 6) is 0. The molecular formula is C14H15BrN2O. The van der Waals surface area contributed by atoms with Crippen molar-refractivity contribution in [3.05, 3.63) is 58.3 Å². The van der Waals surface area contributed by atoms with E-state index >= 15 is 0 Å². The van der Waals surface area contributed by atoms with E-state index in [1.807, 2.05) is 37.3 Å². The van der Waals surface area contributed by atoms with Crippen LogP contribution in [0, 0.1) is 6.92 Å². The number of aliphatic hydroxyl groups excluding tert-OH is 1. The van der Waals surface area contributed by atoms with Crippen molar-refractivity contribution >= 4 is 21.6 Å². The fourth-order valence-corrected chi connectivity index (χ4v) is 2.23. The summed E-state index contributed by atoms with van der Waals surface area (Å²) < 4.78 is 0.977. The van der Waals surface area contributed by atoms with Gasteiger partial charge >= 0.3 is 0 Å². The van der Waals surface area contributed by atoms with E-state index in [4.69, 9.17) is 0 Å². The smallest absolute Gasteiger partial charge is 0.0762 e. The molecule has 0 aliphatic carbocycles. The van der Waals surface area contributed by atoms with E-state index < -0.39 is 0 Å². The van der Waals surface area contributed by atoms with E-state index in [9.17, 15) is 5.11 Å². The number of aromatic nitrogens is 1. The van der Waals surface area contributed by atoms with Crippen molar-refractivity contribution in [3.63, 3.8) is 0 Å². The zero-order chi connectivity index (χ0) is 13.0. The minimum atomic E-state index is -0.155. The van der Waals surface area contributed by atoms with Gasteiger partial charge in [0.15, 0.2) is 0 Å². The minimum absolute atomic E-state index is 0.0217. The van der Waals surface area contributed by atoms with Crippen molar-refractivity contribution in [2.45, 2.75) is 13.0 Å². The van der Waals surface area contributed by atoms with Gasteiger partial charge in [-0.25, -0.2) is 0 Å². The second-order valence-electron chi connectivity index (χ2n) is 4.09. The summed E-state index contributed by atoms with van der Waals surface area (Å²) in [6.45, 7) is 2.04. The number of nitrogens with one attached hydrogen (secondary N) is 1. The van der Waals surface area contributed by atoms with Crippen molar-refractivity contribution in [1.82, 2.24) is 4.98 Å². The molecule has 1 aromatic heterocycles. The van der Waals surface area contributed by atoms with E-state index in [1.165, 1.54) is 0 Å². The highest BCUT2D eigenvalue weighted by Crippen LogP contribution is 2.27. The van der Waals surface area contributed by atoms with Gasteiger partial charge in [-0.05, 0) is 52.2 Å². The van der Waals surface area contributed by atoms with Crippen LogP contribution < -0.4 is 5.32 Å². The Morgan fingerprint density at radius 1 is 1.33 bits per heavy atom. The van der Waals surface area contributed by atoms with Crippen molar-refractivity contribution in [1.29, 1.82) is 0 Å². The Morgan fingerprint density at radius 2 is 2.11 bits per heavy atom. The van der Waals surface area contributed by atoms with Gasteiger partial charge in [0.05, 0.1) is 12.6 Å². The van der Waals surface area contributed by atoms with Crippen molar-refractivity contribution < 1.29 is 5.11 Å². The predicted octanol–water partition coefficient (Wildman–Crippen LogP) is 3.30. The molecule has 2 rings (SSSR count). The Balaban J connectivity index is 2.26. The number of nitrogens with zero attached hydrogens (tertiary/aromatic N) is 1. The first-order chi connectivity index (χ1) is 8.72. The minimum Gasteiger partial charge on any atom is -0.394 e. The summed E-state index contributed by atoms with van der Waals surface area (Å²) in [4.78, 5) is 4.12. The number of hydrogen-bond acceptors (Lipinski definition) is 3. The largest absolute Gasteiger partial charge is 0.394 e. The molecule has 2 N–H and O–H groups in total. The average Bonchev–Trinajstić information content (AvgIpc) is 2.39. The molecule has 0 saturated heterocycles. The number of para-hydroxylation sites is 1. The maximum atomic E-state index is 9.55. The SMILES string of the molecule is Cc1ccncc1C(CO)Nc1ccccc1Br. The molecule has 0 fully saturated rings. The van der Waals surface area contributed by atoms with E-state index in [1.54, 1.807) is 12.4 Å². The van der Waals surface area contributed by atoms with Gasteiger partial charge in [0.1, 0.15) is 0 Å². The molecule has 3 nitrogen and oxygen atoms in total. The molecule has 2 aromatic rings. The van der Waals surface area contributed by atoms with Gasteiger partial charge in [0.2, 0.25) is 0 Å². The Morgan fingerprint density at radius 3 is 2.78 bits per heavy atom. The molecule has 0 aliphatic rings. The van der Waals surface area contributed by atoms with Gasteiger partial charge in [-0.2, -0.15) is 0 Å². The second kappa shape index (κ2) is 5.98. The van der Waals surface area contributed by atoms with Gasteiger partial charge in [-0.15, -0.1) is 0 Å². The quantitative estimate of drug-likeness (QED) is 0.911. The van der Waals surface area contributed by atoms with Crippen LogP contribution in [0.4, 0.5) is 5.69 Å². The normalized spacial score (nSPS) is 12.2. The van der Waals surface area contributed by atoms with Crippen LogP contribution in [-0.2, 0) is 0 Å². The summed E-state index contributed by atoms with van der Waals surface area (Å²) in [7, 11) is 0. The number of aliphatic hydroxyl groups is 1. The molecule has 94 valence electrons. The monoisotopic (exact) mass is 306 g/mol. The molecule has 0 bridgehead atoms. The summed E-state index contributed by atoms with van der Waals surface area (Å²) >= 11 is 3.49.